The molecule has 0 saturated heterocycles. The highest BCUT2D eigenvalue weighted by Crippen LogP contribution is 2.53. The number of aromatic nitrogens is 2. The van der Waals surface area contributed by atoms with E-state index in [2.05, 4.69) is 10.4 Å². The van der Waals surface area contributed by atoms with Crippen molar-refractivity contribution >= 4 is 17.4 Å². The molecule has 132 valence electrons. The van der Waals surface area contributed by atoms with Gasteiger partial charge in [0.05, 0.1) is 11.4 Å². The van der Waals surface area contributed by atoms with E-state index in [0.717, 1.165) is 16.6 Å². The largest absolute Gasteiger partial charge is 0.481 e. The predicted octanol–water partition coefficient (Wildman–Crippen LogP) is 2.49. The van der Waals surface area contributed by atoms with Crippen molar-refractivity contribution in [3.8, 4) is 0 Å². The van der Waals surface area contributed by atoms with Crippen LogP contribution in [0.2, 0.25) is 0 Å². The van der Waals surface area contributed by atoms with E-state index in [1.54, 1.807) is 10.7 Å². The van der Waals surface area contributed by atoms with Crippen molar-refractivity contribution < 1.29 is 14.7 Å². The smallest absolute Gasteiger partial charge is 0.307 e. The third-order valence-electron chi connectivity index (χ3n) is 5.14. The van der Waals surface area contributed by atoms with Crippen LogP contribution in [0.15, 0.2) is 54.7 Å². The van der Waals surface area contributed by atoms with Gasteiger partial charge < -0.3 is 10.4 Å². The summed E-state index contributed by atoms with van der Waals surface area (Å²) in [7, 11) is 0. The Bertz CT molecular complexity index is 980. The lowest BCUT2D eigenvalue weighted by Gasteiger charge is -2.03. The Hall–Kier alpha value is -3.15. The summed E-state index contributed by atoms with van der Waals surface area (Å²) in [6.45, 7) is 2.18. The second-order valence-electron chi connectivity index (χ2n) is 6.68. The molecule has 1 aliphatic carbocycles. The summed E-state index contributed by atoms with van der Waals surface area (Å²) >= 11 is 0. The zero-order valence-electron chi connectivity index (χ0n) is 14.3. The second-order valence-corrected chi connectivity index (χ2v) is 6.68. The van der Waals surface area contributed by atoms with Crippen molar-refractivity contribution in [2.45, 2.75) is 12.8 Å². The minimum absolute atomic E-state index is 0.0591. The molecule has 1 aromatic carbocycles. The van der Waals surface area contributed by atoms with Gasteiger partial charge in [-0.3, -0.25) is 9.59 Å². The average Bonchev–Trinajstić information content (AvgIpc) is 3.30. The van der Waals surface area contributed by atoms with Crippen LogP contribution in [0.4, 0.5) is 0 Å². The number of nitrogens with zero attached hydrogens (tertiary/aromatic N) is 2. The van der Waals surface area contributed by atoms with Crippen molar-refractivity contribution in [2.75, 3.05) is 6.54 Å². The molecule has 1 saturated carbocycles. The number of aliphatic carboxylic acids is 1. The van der Waals surface area contributed by atoms with Crippen LogP contribution in [-0.2, 0) is 4.79 Å². The number of benzene rings is 1. The minimum atomic E-state index is -0.818. The first-order chi connectivity index (χ1) is 12.6. The Morgan fingerprint density at radius 1 is 1.15 bits per heavy atom. The molecule has 0 spiro atoms. The first-order valence-electron chi connectivity index (χ1n) is 8.58. The summed E-state index contributed by atoms with van der Waals surface area (Å²) < 4.78 is 1.67. The van der Waals surface area contributed by atoms with E-state index in [-0.39, 0.29) is 17.7 Å². The van der Waals surface area contributed by atoms with Gasteiger partial charge in [0.15, 0.2) is 5.69 Å². The lowest BCUT2D eigenvalue weighted by Crippen LogP contribution is -2.27. The molecule has 0 radical (unpaired) electrons. The summed E-state index contributed by atoms with van der Waals surface area (Å²) in [4.78, 5) is 24.1. The average molecular weight is 349 g/mol. The number of hydrogen-bond donors (Lipinski definition) is 2. The molecule has 1 amide bonds. The fourth-order valence-corrected chi connectivity index (χ4v) is 3.73. The van der Waals surface area contributed by atoms with Gasteiger partial charge >= 0.3 is 5.97 Å². The molecule has 0 bridgehead atoms. The van der Waals surface area contributed by atoms with Gasteiger partial charge in [-0.05, 0) is 30.5 Å². The number of carboxylic acids is 1. The van der Waals surface area contributed by atoms with Crippen LogP contribution in [-0.4, -0.2) is 33.1 Å². The molecular formula is C20H19N3O3. The SMILES string of the molecule is Cc1c(C(=O)NCC2C(C(=O)O)C2c2ccccc2)nn2ccccc12. The fraction of sp³-hybridized carbons (Fsp3) is 0.250. The van der Waals surface area contributed by atoms with Gasteiger partial charge in [-0.15, -0.1) is 0 Å². The van der Waals surface area contributed by atoms with E-state index in [1.165, 1.54) is 0 Å². The molecule has 1 aliphatic rings. The number of aryl methyl sites for hydroxylation is 1. The van der Waals surface area contributed by atoms with E-state index in [1.807, 2.05) is 55.5 Å². The number of carbonyl (C=O) groups excluding carboxylic acids is 1. The third-order valence-corrected chi connectivity index (χ3v) is 5.14. The van der Waals surface area contributed by atoms with Gasteiger partial charge in [-0.2, -0.15) is 5.10 Å². The topological polar surface area (TPSA) is 83.7 Å². The summed E-state index contributed by atoms with van der Waals surface area (Å²) in [5.74, 6) is -1.71. The fourth-order valence-electron chi connectivity index (χ4n) is 3.73. The lowest BCUT2D eigenvalue weighted by molar-refractivity contribution is -0.139. The molecule has 3 unspecified atom stereocenters. The first kappa shape index (κ1) is 16.3. The Balaban J connectivity index is 1.48. The van der Waals surface area contributed by atoms with E-state index >= 15 is 0 Å². The maximum Gasteiger partial charge on any atom is 0.307 e. The Labute approximate surface area is 150 Å². The predicted molar refractivity (Wildman–Crippen MR) is 96.1 cm³/mol. The molecule has 1 fully saturated rings. The van der Waals surface area contributed by atoms with Gasteiger partial charge in [-0.25, -0.2) is 4.52 Å². The van der Waals surface area contributed by atoms with Gasteiger partial charge in [0.25, 0.3) is 5.91 Å². The number of carboxylic acid groups (broad SMARTS) is 1. The first-order valence-corrected chi connectivity index (χ1v) is 8.58. The maximum absolute atomic E-state index is 12.6. The number of pyridine rings is 1. The number of amides is 1. The van der Waals surface area contributed by atoms with E-state index in [4.69, 9.17) is 0 Å². The van der Waals surface area contributed by atoms with E-state index in [0.29, 0.717) is 12.2 Å². The Morgan fingerprint density at radius 2 is 1.88 bits per heavy atom. The number of carbonyl (C=O) groups is 2. The lowest BCUT2D eigenvalue weighted by atomic mass is 10.1. The van der Waals surface area contributed by atoms with Crippen LogP contribution in [0.5, 0.6) is 0 Å². The molecule has 3 atom stereocenters. The highest BCUT2D eigenvalue weighted by molar-refractivity contribution is 5.95. The van der Waals surface area contributed by atoms with Crippen molar-refractivity contribution in [1.82, 2.24) is 14.9 Å². The number of rotatable bonds is 5. The van der Waals surface area contributed by atoms with Crippen LogP contribution in [0.3, 0.4) is 0 Å². The summed E-state index contributed by atoms with van der Waals surface area (Å²) in [5.41, 5.74) is 3.07. The molecule has 2 aromatic heterocycles. The Kier molecular flexibility index (Phi) is 3.95. The molecular weight excluding hydrogens is 330 g/mol. The molecule has 26 heavy (non-hydrogen) atoms. The monoisotopic (exact) mass is 349 g/mol. The van der Waals surface area contributed by atoms with Crippen LogP contribution in [0, 0.1) is 18.8 Å². The molecule has 3 aromatic rings. The van der Waals surface area contributed by atoms with E-state index in [9.17, 15) is 14.7 Å². The highest BCUT2D eigenvalue weighted by Gasteiger charge is 2.55. The second kappa shape index (κ2) is 6.29. The van der Waals surface area contributed by atoms with Crippen LogP contribution in [0.25, 0.3) is 5.52 Å². The quantitative estimate of drug-likeness (QED) is 0.741. The number of fused-ring (bicyclic) bond motifs is 1. The molecule has 4 rings (SSSR count). The molecule has 2 heterocycles. The summed E-state index contributed by atoms with van der Waals surface area (Å²) in [6, 6.07) is 15.3. The normalized spacial score (nSPS) is 21.5. The van der Waals surface area contributed by atoms with Crippen molar-refractivity contribution in [3.05, 3.63) is 71.5 Å². The van der Waals surface area contributed by atoms with Gasteiger partial charge in [-0.1, -0.05) is 36.4 Å². The maximum atomic E-state index is 12.6. The van der Waals surface area contributed by atoms with Crippen LogP contribution < -0.4 is 5.32 Å². The van der Waals surface area contributed by atoms with Crippen molar-refractivity contribution in [3.63, 3.8) is 0 Å². The summed E-state index contributed by atoms with van der Waals surface area (Å²) in [5, 5.41) is 16.6. The Morgan fingerprint density at radius 3 is 2.58 bits per heavy atom. The molecule has 0 aliphatic heterocycles. The highest BCUT2D eigenvalue weighted by atomic mass is 16.4. The molecule has 6 nitrogen and oxygen atoms in total. The van der Waals surface area contributed by atoms with Gasteiger partial charge in [0, 0.05) is 24.2 Å². The molecule has 6 heteroatoms. The third kappa shape index (κ3) is 2.73. The molecule has 2 N–H and O–H groups in total. The zero-order chi connectivity index (χ0) is 18.3. The van der Waals surface area contributed by atoms with Gasteiger partial charge in [0.2, 0.25) is 0 Å². The zero-order valence-corrected chi connectivity index (χ0v) is 14.3. The minimum Gasteiger partial charge on any atom is -0.481 e. The van der Waals surface area contributed by atoms with Crippen LogP contribution in [0.1, 0.15) is 27.5 Å². The number of nitrogens with one attached hydrogen (secondary N) is 1. The van der Waals surface area contributed by atoms with Crippen LogP contribution >= 0.6 is 0 Å². The van der Waals surface area contributed by atoms with Crippen molar-refractivity contribution in [2.24, 2.45) is 11.8 Å². The van der Waals surface area contributed by atoms with Crippen molar-refractivity contribution in [1.29, 1.82) is 0 Å². The van der Waals surface area contributed by atoms with Gasteiger partial charge in [0.1, 0.15) is 0 Å². The summed E-state index contributed by atoms with van der Waals surface area (Å²) in [6.07, 6.45) is 1.80. The standard InChI is InChI=1S/C20H19N3O3/c1-12-15-9-5-6-10-23(15)22-18(12)19(24)21-11-14-16(17(14)20(25)26)13-7-3-2-4-8-13/h2-10,14,16-17H,11H2,1H3,(H,21,24)(H,25,26). The van der Waals surface area contributed by atoms with E-state index < -0.39 is 11.9 Å². The number of hydrogen-bond acceptors (Lipinski definition) is 3.